The van der Waals surface area contributed by atoms with E-state index in [2.05, 4.69) is 23.8 Å². The molecule has 1 rings (SSSR count). The van der Waals surface area contributed by atoms with Crippen molar-refractivity contribution in [3.8, 4) is 0 Å². The highest BCUT2D eigenvalue weighted by Gasteiger charge is 2.07. The van der Waals surface area contributed by atoms with Gasteiger partial charge in [0.2, 0.25) is 0 Å². The summed E-state index contributed by atoms with van der Waals surface area (Å²) >= 11 is 0. The molecule has 0 bridgehead atoms. The van der Waals surface area contributed by atoms with Crippen LogP contribution in [0.5, 0.6) is 0 Å². The Labute approximate surface area is 86.8 Å². The number of unbranched alkanes of at least 4 members (excludes halogenated alkanes) is 1. The van der Waals surface area contributed by atoms with Crippen LogP contribution in [0.3, 0.4) is 0 Å². The lowest BCUT2D eigenvalue weighted by Crippen LogP contribution is -2.04. The maximum Gasteiger partial charge on any atom is 0.115 e. The zero-order chi connectivity index (χ0) is 10.2. The Kier molecular flexibility index (Phi) is 5.20. The second-order valence-corrected chi connectivity index (χ2v) is 3.82. The lowest BCUT2D eigenvalue weighted by Gasteiger charge is -2.13. The van der Waals surface area contributed by atoms with Crippen molar-refractivity contribution < 1.29 is 0 Å². The van der Waals surface area contributed by atoms with Gasteiger partial charge in [0.15, 0.2) is 0 Å². The minimum Gasteiger partial charge on any atom is -0.245 e. The maximum atomic E-state index is 4.26. The predicted octanol–water partition coefficient (Wildman–Crippen LogP) is 3.24. The standard InChI is InChI=1S/C12H20N2/c1-3-5-6-11(4-2)9-12-7-8-13-10-14-12/h7-8,10-11H,3-6,9H2,1-2H3. The Morgan fingerprint density at radius 1 is 1.36 bits per heavy atom. The zero-order valence-electron chi connectivity index (χ0n) is 9.24. The van der Waals surface area contributed by atoms with E-state index in [4.69, 9.17) is 0 Å². The molecule has 0 saturated carbocycles. The van der Waals surface area contributed by atoms with Gasteiger partial charge in [0.25, 0.3) is 0 Å². The van der Waals surface area contributed by atoms with Crippen molar-refractivity contribution in [2.45, 2.75) is 46.0 Å². The molecule has 14 heavy (non-hydrogen) atoms. The van der Waals surface area contributed by atoms with E-state index < -0.39 is 0 Å². The molecular formula is C12H20N2. The van der Waals surface area contributed by atoms with Crippen LogP contribution in [0.25, 0.3) is 0 Å². The quantitative estimate of drug-likeness (QED) is 0.691. The fourth-order valence-electron chi connectivity index (χ4n) is 1.68. The Morgan fingerprint density at radius 2 is 2.21 bits per heavy atom. The first kappa shape index (κ1) is 11.2. The highest BCUT2D eigenvalue weighted by Crippen LogP contribution is 2.16. The van der Waals surface area contributed by atoms with Gasteiger partial charge in [-0.1, -0.05) is 39.5 Å². The molecule has 0 aliphatic carbocycles. The van der Waals surface area contributed by atoms with E-state index in [1.165, 1.54) is 31.4 Å². The molecule has 1 atom stereocenters. The molecule has 0 spiro atoms. The Bertz CT molecular complexity index is 233. The molecule has 2 nitrogen and oxygen atoms in total. The third-order valence-corrected chi connectivity index (χ3v) is 2.68. The molecule has 0 aromatic carbocycles. The summed E-state index contributed by atoms with van der Waals surface area (Å²) in [7, 11) is 0. The highest BCUT2D eigenvalue weighted by atomic mass is 14.8. The predicted molar refractivity (Wildman–Crippen MR) is 59.0 cm³/mol. The molecule has 0 amide bonds. The van der Waals surface area contributed by atoms with Gasteiger partial charge in [0.05, 0.1) is 0 Å². The summed E-state index contributed by atoms with van der Waals surface area (Å²) in [5, 5.41) is 0. The molecule has 1 heterocycles. The summed E-state index contributed by atoms with van der Waals surface area (Å²) in [6.45, 7) is 4.51. The molecule has 1 aromatic heterocycles. The van der Waals surface area contributed by atoms with E-state index in [0.717, 1.165) is 12.3 Å². The van der Waals surface area contributed by atoms with Crippen molar-refractivity contribution in [1.82, 2.24) is 9.97 Å². The number of nitrogens with zero attached hydrogens (tertiary/aromatic N) is 2. The van der Waals surface area contributed by atoms with Crippen molar-refractivity contribution in [3.63, 3.8) is 0 Å². The third-order valence-electron chi connectivity index (χ3n) is 2.68. The smallest absolute Gasteiger partial charge is 0.115 e. The normalized spacial score (nSPS) is 12.7. The van der Waals surface area contributed by atoms with Gasteiger partial charge in [0, 0.05) is 11.9 Å². The molecule has 0 aliphatic heterocycles. The number of rotatable bonds is 6. The van der Waals surface area contributed by atoms with Crippen LogP contribution in [0.1, 0.15) is 45.2 Å². The third kappa shape index (κ3) is 3.86. The molecular weight excluding hydrogens is 172 g/mol. The van der Waals surface area contributed by atoms with E-state index in [1.54, 1.807) is 6.33 Å². The molecule has 0 N–H and O–H groups in total. The van der Waals surface area contributed by atoms with Crippen LogP contribution in [0.4, 0.5) is 0 Å². The average molecular weight is 192 g/mol. The first-order valence-corrected chi connectivity index (χ1v) is 5.61. The Morgan fingerprint density at radius 3 is 2.79 bits per heavy atom. The maximum absolute atomic E-state index is 4.26. The first-order valence-electron chi connectivity index (χ1n) is 5.61. The van der Waals surface area contributed by atoms with Crippen LogP contribution >= 0.6 is 0 Å². The molecule has 78 valence electrons. The second kappa shape index (κ2) is 6.52. The van der Waals surface area contributed by atoms with E-state index in [0.29, 0.717) is 0 Å². The molecule has 0 aliphatic rings. The van der Waals surface area contributed by atoms with Gasteiger partial charge in [-0.2, -0.15) is 0 Å². The van der Waals surface area contributed by atoms with Gasteiger partial charge in [-0.25, -0.2) is 9.97 Å². The fourth-order valence-corrected chi connectivity index (χ4v) is 1.68. The van der Waals surface area contributed by atoms with Gasteiger partial charge in [0.1, 0.15) is 6.33 Å². The lowest BCUT2D eigenvalue weighted by molar-refractivity contribution is 0.445. The number of aromatic nitrogens is 2. The van der Waals surface area contributed by atoms with Crippen LogP contribution in [0, 0.1) is 5.92 Å². The van der Waals surface area contributed by atoms with E-state index in [1.807, 2.05) is 12.3 Å². The monoisotopic (exact) mass is 192 g/mol. The average Bonchev–Trinajstić information content (AvgIpc) is 2.25. The summed E-state index contributed by atoms with van der Waals surface area (Å²) in [6, 6.07) is 2.02. The van der Waals surface area contributed by atoms with Gasteiger partial charge in [-0.15, -0.1) is 0 Å². The summed E-state index contributed by atoms with van der Waals surface area (Å²) in [5.41, 5.74) is 1.18. The summed E-state index contributed by atoms with van der Waals surface area (Å²) < 4.78 is 0. The van der Waals surface area contributed by atoms with Crippen LogP contribution < -0.4 is 0 Å². The van der Waals surface area contributed by atoms with E-state index in [9.17, 15) is 0 Å². The van der Waals surface area contributed by atoms with Gasteiger partial charge in [-0.05, 0) is 18.4 Å². The molecule has 1 aromatic rings. The van der Waals surface area contributed by atoms with Crippen molar-refractivity contribution in [2.75, 3.05) is 0 Å². The largest absolute Gasteiger partial charge is 0.245 e. The molecule has 0 radical (unpaired) electrons. The van der Waals surface area contributed by atoms with Crippen molar-refractivity contribution >= 4 is 0 Å². The van der Waals surface area contributed by atoms with Gasteiger partial charge < -0.3 is 0 Å². The van der Waals surface area contributed by atoms with Crippen LogP contribution in [-0.4, -0.2) is 9.97 Å². The zero-order valence-corrected chi connectivity index (χ0v) is 9.24. The first-order chi connectivity index (χ1) is 6.86. The summed E-state index contributed by atoms with van der Waals surface area (Å²) in [4.78, 5) is 8.19. The van der Waals surface area contributed by atoms with Crippen LogP contribution in [-0.2, 0) is 6.42 Å². The topological polar surface area (TPSA) is 25.8 Å². The van der Waals surface area contributed by atoms with E-state index >= 15 is 0 Å². The fraction of sp³-hybridized carbons (Fsp3) is 0.667. The highest BCUT2D eigenvalue weighted by molar-refractivity contribution is 4.98. The molecule has 2 heteroatoms. The lowest BCUT2D eigenvalue weighted by atomic mass is 9.94. The van der Waals surface area contributed by atoms with E-state index in [-0.39, 0.29) is 0 Å². The number of hydrogen-bond donors (Lipinski definition) is 0. The van der Waals surface area contributed by atoms with Crippen LogP contribution in [0.2, 0.25) is 0 Å². The van der Waals surface area contributed by atoms with Gasteiger partial charge in [-0.3, -0.25) is 0 Å². The van der Waals surface area contributed by atoms with Crippen molar-refractivity contribution in [2.24, 2.45) is 5.92 Å². The minimum absolute atomic E-state index is 0.796. The van der Waals surface area contributed by atoms with Crippen molar-refractivity contribution in [3.05, 3.63) is 24.3 Å². The van der Waals surface area contributed by atoms with Crippen molar-refractivity contribution in [1.29, 1.82) is 0 Å². The minimum atomic E-state index is 0.796. The second-order valence-electron chi connectivity index (χ2n) is 3.82. The Balaban J connectivity index is 2.40. The molecule has 1 unspecified atom stereocenters. The SMILES string of the molecule is CCCCC(CC)Cc1ccncn1. The Hall–Kier alpha value is -0.920. The summed E-state index contributed by atoms with van der Waals surface area (Å²) in [5.74, 6) is 0.796. The number of hydrogen-bond acceptors (Lipinski definition) is 2. The van der Waals surface area contributed by atoms with Crippen LogP contribution in [0.15, 0.2) is 18.6 Å². The van der Waals surface area contributed by atoms with Gasteiger partial charge >= 0.3 is 0 Å². The molecule has 0 fully saturated rings. The summed E-state index contributed by atoms with van der Waals surface area (Å²) in [6.07, 6.45) is 9.79. The molecule has 0 saturated heterocycles.